The number of ether oxygens (including phenoxy) is 1. The minimum absolute atomic E-state index is 0.0174. The zero-order valence-electron chi connectivity index (χ0n) is 21.3. The highest BCUT2D eigenvalue weighted by Gasteiger charge is 2.25. The van der Waals surface area contributed by atoms with E-state index in [0.29, 0.717) is 35.2 Å². The van der Waals surface area contributed by atoms with E-state index in [-0.39, 0.29) is 30.5 Å². The Morgan fingerprint density at radius 1 is 1.10 bits per heavy atom. The van der Waals surface area contributed by atoms with Crippen molar-refractivity contribution in [3.05, 3.63) is 87.6 Å². The van der Waals surface area contributed by atoms with Crippen molar-refractivity contribution in [1.29, 1.82) is 0 Å². The number of aliphatic hydroxyl groups excluding tert-OH is 1. The molecule has 0 saturated heterocycles. The third kappa shape index (κ3) is 6.39. The lowest BCUT2D eigenvalue weighted by molar-refractivity contribution is 0.0849. The molecule has 0 spiro atoms. The van der Waals surface area contributed by atoms with Crippen LogP contribution in [0.4, 0.5) is 21.6 Å². The third-order valence-corrected chi connectivity index (χ3v) is 6.54. The van der Waals surface area contributed by atoms with E-state index >= 15 is 0 Å². The standard InChI is InChI=1S/C28H29FN6O4/c1-16(15-39-11-10-36)17-2-6-19(7-3-17)27(37)31-24-12-20(8-9-21(24)29)22-13-25(28(38)35-33-22)30-26-14-23(32-34-26)18-4-5-18/h2-3,6-9,12-14,16,18,36H,4-5,10-11,15H2,1H3,(H,31,37)(H,35,38)(H2,30,32,33,34). The Balaban J connectivity index is 1.29. The predicted molar refractivity (Wildman–Crippen MR) is 145 cm³/mol. The van der Waals surface area contributed by atoms with Crippen molar-refractivity contribution in [3.63, 3.8) is 0 Å². The Morgan fingerprint density at radius 2 is 1.90 bits per heavy atom. The second-order valence-electron chi connectivity index (χ2n) is 9.57. The van der Waals surface area contributed by atoms with Crippen LogP contribution in [0.25, 0.3) is 11.3 Å². The van der Waals surface area contributed by atoms with E-state index in [4.69, 9.17) is 9.84 Å². The summed E-state index contributed by atoms with van der Waals surface area (Å²) in [7, 11) is 0. The molecular formula is C28H29FN6O4. The summed E-state index contributed by atoms with van der Waals surface area (Å²) < 4.78 is 20.0. The number of H-pyrrole nitrogens is 2. The average molecular weight is 533 g/mol. The van der Waals surface area contributed by atoms with Gasteiger partial charge in [0, 0.05) is 34.7 Å². The van der Waals surface area contributed by atoms with E-state index in [9.17, 15) is 14.0 Å². The van der Waals surface area contributed by atoms with Crippen molar-refractivity contribution in [2.45, 2.75) is 31.6 Å². The number of nitrogens with zero attached hydrogens (tertiary/aromatic N) is 2. The van der Waals surface area contributed by atoms with Crippen LogP contribution in [0.2, 0.25) is 0 Å². The molecule has 202 valence electrons. The molecule has 0 radical (unpaired) electrons. The summed E-state index contributed by atoms with van der Waals surface area (Å²) in [4.78, 5) is 25.2. The van der Waals surface area contributed by atoms with Crippen LogP contribution < -0.4 is 16.2 Å². The summed E-state index contributed by atoms with van der Waals surface area (Å²) in [6.07, 6.45) is 2.24. The Hall–Kier alpha value is -4.35. The molecule has 4 aromatic rings. The van der Waals surface area contributed by atoms with Crippen LogP contribution >= 0.6 is 0 Å². The van der Waals surface area contributed by atoms with Crippen molar-refractivity contribution in [2.75, 3.05) is 30.5 Å². The number of amides is 1. The molecule has 1 atom stereocenters. The van der Waals surface area contributed by atoms with Gasteiger partial charge in [-0.2, -0.15) is 10.2 Å². The molecule has 0 bridgehead atoms. The van der Waals surface area contributed by atoms with Gasteiger partial charge in [-0.3, -0.25) is 14.7 Å². The van der Waals surface area contributed by atoms with Crippen LogP contribution in [0.3, 0.4) is 0 Å². The van der Waals surface area contributed by atoms with Gasteiger partial charge in [0.15, 0.2) is 5.82 Å². The maximum atomic E-state index is 14.6. The van der Waals surface area contributed by atoms with Gasteiger partial charge < -0.3 is 20.5 Å². The Bertz CT molecular complexity index is 1510. The van der Waals surface area contributed by atoms with Gasteiger partial charge in [-0.05, 0) is 54.8 Å². The van der Waals surface area contributed by atoms with Crippen molar-refractivity contribution in [1.82, 2.24) is 20.4 Å². The minimum atomic E-state index is -0.606. The molecule has 5 rings (SSSR count). The van der Waals surface area contributed by atoms with Crippen LogP contribution in [-0.2, 0) is 4.74 Å². The molecule has 1 saturated carbocycles. The molecule has 2 aromatic carbocycles. The van der Waals surface area contributed by atoms with Gasteiger partial charge in [-0.1, -0.05) is 19.1 Å². The van der Waals surface area contributed by atoms with E-state index in [1.165, 1.54) is 18.2 Å². The second-order valence-corrected chi connectivity index (χ2v) is 9.57. The molecule has 5 N–H and O–H groups in total. The van der Waals surface area contributed by atoms with Gasteiger partial charge in [-0.15, -0.1) is 0 Å². The first-order valence-corrected chi connectivity index (χ1v) is 12.7. The Morgan fingerprint density at radius 3 is 2.64 bits per heavy atom. The number of benzene rings is 2. The van der Waals surface area contributed by atoms with Crippen LogP contribution in [0, 0.1) is 5.82 Å². The maximum absolute atomic E-state index is 14.6. The number of carbonyl (C=O) groups excluding carboxylic acids is 1. The lowest BCUT2D eigenvalue weighted by atomic mass is 10.0. The Kier molecular flexibility index (Phi) is 7.80. The van der Waals surface area contributed by atoms with Crippen LogP contribution in [-0.4, -0.2) is 51.2 Å². The molecule has 11 heteroatoms. The fraction of sp³-hybridized carbons (Fsp3) is 0.286. The summed E-state index contributed by atoms with van der Waals surface area (Å²) in [5.74, 6) is 0.0180. The molecule has 1 unspecified atom stereocenters. The number of halogens is 1. The van der Waals surface area contributed by atoms with Crippen molar-refractivity contribution < 1.29 is 19.0 Å². The lowest BCUT2D eigenvalue weighted by Crippen LogP contribution is -2.14. The Labute approximate surface area is 223 Å². The number of rotatable bonds is 11. The van der Waals surface area contributed by atoms with E-state index in [0.717, 1.165) is 24.1 Å². The monoisotopic (exact) mass is 532 g/mol. The van der Waals surface area contributed by atoms with Crippen LogP contribution in [0.1, 0.15) is 53.2 Å². The van der Waals surface area contributed by atoms with E-state index in [1.807, 2.05) is 25.1 Å². The highest BCUT2D eigenvalue weighted by atomic mass is 19.1. The van der Waals surface area contributed by atoms with Gasteiger partial charge in [0.05, 0.1) is 31.2 Å². The maximum Gasteiger partial charge on any atom is 0.287 e. The van der Waals surface area contributed by atoms with E-state index < -0.39 is 17.3 Å². The highest BCUT2D eigenvalue weighted by molar-refractivity contribution is 6.04. The number of aliphatic hydroxyl groups is 1. The number of hydrogen-bond acceptors (Lipinski definition) is 7. The number of anilines is 3. The average Bonchev–Trinajstić information content (AvgIpc) is 3.69. The van der Waals surface area contributed by atoms with Gasteiger partial charge >= 0.3 is 0 Å². The van der Waals surface area contributed by atoms with Crippen LogP contribution in [0.5, 0.6) is 0 Å². The first kappa shape index (κ1) is 26.3. The SMILES string of the molecule is CC(COCCO)c1ccc(C(=O)Nc2cc(-c3cc(Nc4cc(C5CC5)[nH]n4)c(=O)[nH]n3)ccc2F)cc1. The first-order valence-electron chi connectivity index (χ1n) is 12.7. The quantitative estimate of drug-likeness (QED) is 0.181. The topological polar surface area (TPSA) is 145 Å². The van der Waals surface area contributed by atoms with Gasteiger partial charge in [0.2, 0.25) is 0 Å². The van der Waals surface area contributed by atoms with Crippen molar-refractivity contribution >= 4 is 23.1 Å². The van der Waals surface area contributed by atoms with Crippen LogP contribution in [0.15, 0.2) is 59.4 Å². The first-order chi connectivity index (χ1) is 18.9. The van der Waals surface area contributed by atoms with Gasteiger partial charge in [0.1, 0.15) is 11.5 Å². The fourth-order valence-corrected chi connectivity index (χ4v) is 4.15. The summed E-state index contributed by atoms with van der Waals surface area (Å²) in [6.45, 7) is 2.67. The normalized spacial score (nSPS) is 13.7. The zero-order chi connectivity index (χ0) is 27.4. The van der Waals surface area contributed by atoms with E-state index in [2.05, 4.69) is 31.0 Å². The summed E-state index contributed by atoms with van der Waals surface area (Å²) in [5, 5.41) is 28.2. The molecule has 2 heterocycles. The number of aromatic amines is 2. The summed E-state index contributed by atoms with van der Waals surface area (Å²) >= 11 is 0. The van der Waals surface area contributed by atoms with Crippen molar-refractivity contribution in [2.24, 2.45) is 0 Å². The van der Waals surface area contributed by atoms with Gasteiger partial charge in [-0.25, -0.2) is 9.49 Å². The molecule has 39 heavy (non-hydrogen) atoms. The largest absolute Gasteiger partial charge is 0.394 e. The molecule has 1 fully saturated rings. The molecule has 1 aliphatic rings. The molecule has 10 nitrogen and oxygen atoms in total. The molecule has 2 aromatic heterocycles. The predicted octanol–water partition coefficient (Wildman–Crippen LogP) is 4.28. The van der Waals surface area contributed by atoms with Gasteiger partial charge in [0.25, 0.3) is 11.5 Å². The van der Waals surface area contributed by atoms with Crippen molar-refractivity contribution in [3.8, 4) is 11.3 Å². The number of aromatic nitrogens is 4. The zero-order valence-corrected chi connectivity index (χ0v) is 21.3. The number of carbonyl (C=O) groups is 1. The fourth-order valence-electron chi connectivity index (χ4n) is 4.15. The highest BCUT2D eigenvalue weighted by Crippen LogP contribution is 2.39. The summed E-state index contributed by atoms with van der Waals surface area (Å²) in [6, 6.07) is 14.6. The third-order valence-electron chi connectivity index (χ3n) is 6.54. The second kappa shape index (κ2) is 11.6. The molecular weight excluding hydrogens is 503 g/mol. The molecule has 1 amide bonds. The number of nitrogens with one attached hydrogen (secondary N) is 4. The smallest absolute Gasteiger partial charge is 0.287 e. The molecule has 1 aliphatic carbocycles. The van der Waals surface area contributed by atoms with E-state index in [1.54, 1.807) is 18.2 Å². The minimum Gasteiger partial charge on any atom is -0.394 e. The number of hydrogen-bond donors (Lipinski definition) is 5. The summed E-state index contributed by atoms with van der Waals surface area (Å²) in [5.41, 5.74) is 3.04. The lowest BCUT2D eigenvalue weighted by Gasteiger charge is -2.13. The molecule has 0 aliphatic heterocycles.